The van der Waals surface area contributed by atoms with Crippen molar-refractivity contribution >= 4 is 5.96 Å². The zero-order valence-electron chi connectivity index (χ0n) is 9.91. The van der Waals surface area contributed by atoms with Gasteiger partial charge < -0.3 is 9.80 Å². The van der Waals surface area contributed by atoms with Crippen LogP contribution < -0.4 is 0 Å². The molecule has 3 heteroatoms. The van der Waals surface area contributed by atoms with Crippen molar-refractivity contribution in [2.24, 2.45) is 4.99 Å². The van der Waals surface area contributed by atoms with Crippen molar-refractivity contribution in [2.45, 2.75) is 39.0 Å². The van der Waals surface area contributed by atoms with E-state index in [2.05, 4.69) is 21.7 Å². The minimum Gasteiger partial charge on any atom is -0.343 e. The summed E-state index contributed by atoms with van der Waals surface area (Å²) >= 11 is 0. The lowest BCUT2D eigenvalue weighted by atomic mass is 10.2. The van der Waals surface area contributed by atoms with Crippen LogP contribution in [0.4, 0.5) is 0 Å². The molecule has 1 saturated heterocycles. The lowest BCUT2D eigenvalue weighted by Gasteiger charge is -2.41. The van der Waals surface area contributed by atoms with Crippen molar-refractivity contribution < 1.29 is 0 Å². The van der Waals surface area contributed by atoms with Crippen LogP contribution in [0.25, 0.3) is 0 Å². The van der Waals surface area contributed by atoms with Crippen LogP contribution in [0.5, 0.6) is 0 Å². The smallest absolute Gasteiger partial charge is 0.196 e. The monoisotopic (exact) mass is 209 g/mol. The lowest BCUT2D eigenvalue weighted by molar-refractivity contribution is 0.241. The first-order chi connectivity index (χ1) is 7.42. The van der Waals surface area contributed by atoms with Gasteiger partial charge in [0.15, 0.2) is 5.96 Å². The highest BCUT2D eigenvalue weighted by Gasteiger charge is 2.24. The van der Waals surface area contributed by atoms with Gasteiger partial charge in [-0.3, -0.25) is 4.99 Å². The van der Waals surface area contributed by atoms with E-state index in [1.54, 1.807) is 0 Å². The summed E-state index contributed by atoms with van der Waals surface area (Å²) in [6.07, 6.45) is 6.54. The van der Waals surface area contributed by atoms with Gasteiger partial charge in [-0.05, 0) is 19.3 Å². The van der Waals surface area contributed by atoms with Crippen molar-refractivity contribution in [3.8, 4) is 0 Å². The largest absolute Gasteiger partial charge is 0.343 e. The zero-order chi connectivity index (χ0) is 10.5. The Morgan fingerprint density at radius 3 is 2.87 bits per heavy atom. The van der Waals surface area contributed by atoms with Crippen molar-refractivity contribution in [3.63, 3.8) is 0 Å². The second kappa shape index (κ2) is 5.38. The topological polar surface area (TPSA) is 18.8 Å². The number of hydrogen-bond acceptors (Lipinski definition) is 3. The van der Waals surface area contributed by atoms with E-state index in [4.69, 9.17) is 0 Å². The summed E-state index contributed by atoms with van der Waals surface area (Å²) in [4.78, 5) is 9.65. The molecule has 0 saturated carbocycles. The maximum absolute atomic E-state index is 4.68. The molecule has 0 aromatic carbocycles. The summed E-state index contributed by atoms with van der Waals surface area (Å²) in [6.45, 7) is 8.19. The van der Waals surface area contributed by atoms with Crippen LogP contribution in [0.2, 0.25) is 0 Å². The van der Waals surface area contributed by atoms with Gasteiger partial charge in [-0.2, -0.15) is 0 Å². The Morgan fingerprint density at radius 2 is 2.00 bits per heavy atom. The number of nitrogens with zero attached hydrogens (tertiary/aromatic N) is 3. The first-order valence-corrected chi connectivity index (χ1v) is 6.46. The maximum atomic E-state index is 4.68. The Labute approximate surface area is 93.2 Å². The molecule has 3 nitrogen and oxygen atoms in total. The summed E-state index contributed by atoms with van der Waals surface area (Å²) in [7, 11) is 0. The molecule has 0 amide bonds. The molecule has 0 aromatic rings. The minimum absolute atomic E-state index is 1.04. The molecule has 15 heavy (non-hydrogen) atoms. The standard InChI is InChI=1S/C12H23N3/c1-2-3-4-8-14-10-6-11-15-9-5-7-13-12(14)15/h2-11H2,1H3. The van der Waals surface area contributed by atoms with Gasteiger partial charge in [0.25, 0.3) is 0 Å². The van der Waals surface area contributed by atoms with Crippen molar-refractivity contribution in [1.29, 1.82) is 0 Å². The van der Waals surface area contributed by atoms with E-state index in [1.807, 2.05) is 0 Å². The molecule has 0 unspecified atom stereocenters. The fraction of sp³-hybridized carbons (Fsp3) is 0.917. The molecule has 0 aliphatic carbocycles. The van der Waals surface area contributed by atoms with Gasteiger partial charge in [-0.15, -0.1) is 0 Å². The molecule has 0 aromatic heterocycles. The Kier molecular flexibility index (Phi) is 3.87. The molecule has 0 atom stereocenters. The van der Waals surface area contributed by atoms with Crippen molar-refractivity contribution in [3.05, 3.63) is 0 Å². The molecule has 86 valence electrons. The molecular formula is C12H23N3. The number of guanidine groups is 1. The van der Waals surface area contributed by atoms with Gasteiger partial charge in [-0.1, -0.05) is 19.8 Å². The summed E-state index contributed by atoms with van der Waals surface area (Å²) in [5, 5.41) is 0. The normalized spacial score (nSPS) is 21.3. The summed E-state index contributed by atoms with van der Waals surface area (Å²) in [5.74, 6) is 1.30. The van der Waals surface area contributed by atoms with Crippen LogP contribution in [-0.4, -0.2) is 48.5 Å². The average Bonchev–Trinajstić information content (AvgIpc) is 2.30. The summed E-state index contributed by atoms with van der Waals surface area (Å²) in [6, 6.07) is 0. The van der Waals surface area contributed by atoms with Crippen LogP contribution >= 0.6 is 0 Å². The highest BCUT2D eigenvalue weighted by Crippen LogP contribution is 2.14. The Balaban J connectivity index is 1.89. The van der Waals surface area contributed by atoms with Crippen molar-refractivity contribution in [2.75, 3.05) is 32.7 Å². The maximum Gasteiger partial charge on any atom is 0.196 e. The van der Waals surface area contributed by atoms with E-state index in [9.17, 15) is 0 Å². The van der Waals surface area contributed by atoms with E-state index >= 15 is 0 Å². The Morgan fingerprint density at radius 1 is 1.13 bits per heavy atom. The van der Waals surface area contributed by atoms with Crippen LogP contribution in [0.1, 0.15) is 39.0 Å². The highest BCUT2D eigenvalue weighted by atomic mass is 15.4. The number of aliphatic imine (C=N–C) groups is 1. The Hall–Kier alpha value is -0.730. The predicted octanol–water partition coefficient (Wildman–Crippen LogP) is 1.94. The predicted molar refractivity (Wildman–Crippen MR) is 64.2 cm³/mol. The van der Waals surface area contributed by atoms with E-state index in [0.29, 0.717) is 0 Å². The highest BCUT2D eigenvalue weighted by molar-refractivity contribution is 5.81. The van der Waals surface area contributed by atoms with E-state index < -0.39 is 0 Å². The third kappa shape index (κ3) is 2.64. The van der Waals surface area contributed by atoms with Crippen LogP contribution in [0.15, 0.2) is 4.99 Å². The van der Waals surface area contributed by atoms with E-state index in [-0.39, 0.29) is 0 Å². The third-order valence-corrected chi connectivity index (χ3v) is 3.29. The van der Waals surface area contributed by atoms with Gasteiger partial charge >= 0.3 is 0 Å². The summed E-state index contributed by atoms with van der Waals surface area (Å²) in [5.41, 5.74) is 0. The van der Waals surface area contributed by atoms with Crippen LogP contribution in [-0.2, 0) is 0 Å². The number of rotatable bonds is 4. The molecule has 0 bridgehead atoms. The van der Waals surface area contributed by atoms with Crippen molar-refractivity contribution in [1.82, 2.24) is 9.80 Å². The van der Waals surface area contributed by atoms with E-state index in [1.165, 1.54) is 64.2 Å². The van der Waals surface area contributed by atoms with Crippen LogP contribution in [0.3, 0.4) is 0 Å². The quantitative estimate of drug-likeness (QED) is 0.659. The first kappa shape index (κ1) is 10.8. The number of hydrogen-bond donors (Lipinski definition) is 0. The molecule has 2 heterocycles. The molecule has 1 fully saturated rings. The third-order valence-electron chi connectivity index (χ3n) is 3.29. The number of unbranched alkanes of at least 4 members (excludes halogenated alkanes) is 2. The SMILES string of the molecule is CCCCCN1CCCN2CCCN=C12. The van der Waals surface area contributed by atoms with Gasteiger partial charge in [0.05, 0.1) is 0 Å². The fourth-order valence-electron chi connectivity index (χ4n) is 2.47. The Bertz CT molecular complexity index is 225. The summed E-state index contributed by atoms with van der Waals surface area (Å²) < 4.78 is 0. The fourth-order valence-corrected chi connectivity index (χ4v) is 2.47. The first-order valence-electron chi connectivity index (χ1n) is 6.46. The van der Waals surface area contributed by atoms with Gasteiger partial charge in [0.1, 0.15) is 0 Å². The zero-order valence-corrected chi connectivity index (χ0v) is 9.91. The molecular weight excluding hydrogens is 186 g/mol. The van der Waals surface area contributed by atoms with Crippen LogP contribution in [0, 0.1) is 0 Å². The average molecular weight is 209 g/mol. The van der Waals surface area contributed by atoms with Gasteiger partial charge in [-0.25, -0.2) is 0 Å². The second-order valence-electron chi connectivity index (χ2n) is 4.57. The number of fused-ring (bicyclic) bond motifs is 1. The van der Waals surface area contributed by atoms with E-state index in [0.717, 1.165) is 6.54 Å². The van der Waals surface area contributed by atoms with Gasteiger partial charge in [0.2, 0.25) is 0 Å². The molecule has 0 N–H and O–H groups in total. The van der Waals surface area contributed by atoms with Gasteiger partial charge in [0, 0.05) is 32.7 Å². The molecule has 2 rings (SSSR count). The lowest BCUT2D eigenvalue weighted by Crippen LogP contribution is -2.52. The second-order valence-corrected chi connectivity index (χ2v) is 4.57. The molecule has 0 spiro atoms. The molecule has 2 aliphatic rings. The molecule has 0 radical (unpaired) electrons. The minimum atomic E-state index is 1.04. The molecule has 2 aliphatic heterocycles.